The van der Waals surface area contributed by atoms with Gasteiger partial charge in [0.25, 0.3) is 5.91 Å². The Labute approximate surface area is 216 Å². The Kier molecular flexibility index (Phi) is 6.33. The van der Waals surface area contributed by atoms with E-state index < -0.39 is 6.09 Å². The molecule has 0 bridgehead atoms. The maximum atomic E-state index is 12.7. The molecule has 1 fully saturated rings. The predicted molar refractivity (Wildman–Crippen MR) is 137 cm³/mol. The Morgan fingerprint density at radius 3 is 2.78 bits per heavy atom. The number of hydrogen-bond acceptors (Lipinski definition) is 7. The quantitative estimate of drug-likeness (QED) is 0.364. The van der Waals surface area contributed by atoms with Crippen molar-refractivity contribution in [2.75, 3.05) is 24.1 Å². The zero-order chi connectivity index (χ0) is 26.1. The van der Waals surface area contributed by atoms with Gasteiger partial charge in [0, 0.05) is 36.6 Å². The third-order valence-electron chi connectivity index (χ3n) is 6.28. The van der Waals surface area contributed by atoms with E-state index in [4.69, 9.17) is 22.4 Å². The molecule has 4 N–H and O–H groups in total. The van der Waals surface area contributed by atoms with Crippen LogP contribution in [0.15, 0.2) is 48.8 Å². The van der Waals surface area contributed by atoms with Gasteiger partial charge in [0.15, 0.2) is 0 Å². The van der Waals surface area contributed by atoms with Crippen molar-refractivity contribution in [1.82, 2.24) is 24.6 Å². The molecular formula is C25H21ClN8O3. The maximum absolute atomic E-state index is 12.7. The SMILES string of the molecule is N#Cc1cnc(N)c2c(-c3ccc(C(=O)Nc4ccccn4)cc3Cl)nn(C3CCCN(C(=O)O)C3)c12. The highest BCUT2D eigenvalue weighted by atomic mass is 35.5. The lowest BCUT2D eigenvalue weighted by Gasteiger charge is -2.31. The zero-order valence-electron chi connectivity index (χ0n) is 19.4. The number of nitriles is 1. The van der Waals surface area contributed by atoms with E-state index >= 15 is 0 Å². The lowest BCUT2D eigenvalue weighted by atomic mass is 10.0. The topological polar surface area (TPSA) is 163 Å². The molecule has 3 aromatic heterocycles. The summed E-state index contributed by atoms with van der Waals surface area (Å²) in [7, 11) is 0. The average molecular weight is 517 g/mol. The number of anilines is 2. The van der Waals surface area contributed by atoms with E-state index in [-0.39, 0.29) is 34.9 Å². The third kappa shape index (κ3) is 4.50. The first-order chi connectivity index (χ1) is 17.9. The van der Waals surface area contributed by atoms with Crippen molar-refractivity contribution >= 4 is 46.1 Å². The van der Waals surface area contributed by atoms with Gasteiger partial charge >= 0.3 is 6.09 Å². The highest BCUT2D eigenvalue weighted by Crippen LogP contribution is 2.39. The summed E-state index contributed by atoms with van der Waals surface area (Å²) in [5.74, 6) is 0.184. The minimum absolute atomic E-state index is 0.161. The van der Waals surface area contributed by atoms with E-state index in [1.54, 1.807) is 41.2 Å². The first-order valence-corrected chi connectivity index (χ1v) is 11.8. The Bertz CT molecular complexity index is 1560. The van der Waals surface area contributed by atoms with E-state index in [1.807, 2.05) is 0 Å². The molecule has 4 aromatic rings. The number of likely N-dealkylation sites (tertiary alicyclic amines) is 1. The first-order valence-electron chi connectivity index (χ1n) is 11.4. The van der Waals surface area contributed by atoms with Crippen molar-refractivity contribution in [3.8, 4) is 17.3 Å². The number of carbonyl (C=O) groups excluding carboxylic acids is 1. The summed E-state index contributed by atoms with van der Waals surface area (Å²) in [6, 6.07) is 11.8. The van der Waals surface area contributed by atoms with Crippen molar-refractivity contribution in [2.45, 2.75) is 18.9 Å². The fraction of sp³-hybridized carbons (Fsp3) is 0.200. The summed E-state index contributed by atoms with van der Waals surface area (Å²) in [5, 5.41) is 27.5. The van der Waals surface area contributed by atoms with Crippen molar-refractivity contribution in [3.63, 3.8) is 0 Å². The van der Waals surface area contributed by atoms with E-state index in [0.29, 0.717) is 52.9 Å². The standard InChI is InChI=1S/C25H21ClN8O3/c26-18-10-14(24(35)31-19-5-1-2-8-29-19)6-7-17(18)21-20-22(15(11-27)12-30-23(20)28)34(32-21)16-4-3-9-33(13-16)25(36)37/h1-2,5-8,10,12,16H,3-4,9,13H2,(H2,28,30)(H,36,37)(H,29,31,35). The van der Waals surface area contributed by atoms with Crippen LogP contribution in [0.4, 0.5) is 16.4 Å². The van der Waals surface area contributed by atoms with Crippen molar-refractivity contribution < 1.29 is 14.7 Å². The number of amides is 2. The fourth-order valence-electron chi connectivity index (χ4n) is 4.53. The third-order valence-corrected chi connectivity index (χ3v) is 6.59. The van der Waals surface area contributed by atoms with Gasteiger partial charge in [-0.15, -0.1) is 0 Å². The molecule has 1 atom stereocenters. The smallest absolute Gasteiger partial charge is 0.407 e. The van der Waals surface area contributed by atoms with Crippen LogP contribution in [0.2, 0.25) is 5.02 Å². The summed E-state index contributed by atoms with van der Waals surface area (Å²) < 4.78 is 1.66. The van der Waals surface area contributed by atoms with Gasteiger partial charge in [-0.05, 0) is 37.1 Å². The number of aromatic nitrogens is 4. The van der Waals surface area contributed by atoms with Gasteiger partial charge in [0.05, 0.1) is 27.5 Å². The van der Waals surface area contributed by atoms with Crippen LogP contribution in [-0.4, -0.2) is 54.8 Å². The van der Waals surface area contributed by atoms with E-state index in [1.165, 1.54) is 17.2 Å². The molecule has 37 heavy (non-hydrogen) atoms. The van der Waals surface area contributed by atoms with E-state index in [9.17, 15) is 20.0 Å². The van der Waals surface area contributed by atoms with Gasteiger partial charge in [0.1, 0.15) is 23.4 Å². The number of nitrogen functional groups attached to an aromatic ring is 1. The summed E-state index contributed by atoms with van der Waals surface area (Å²) in [6.07, 6.45) is 3.27. The highest BCUT2D eigenvalue weighted by Gasteiger charge is 2.29. The molecule has 4 heterocycles. The van der Waals surface area contributed by atoms with Crippen LogP contribution in [-0.2, 0) is 0 Å². The lowest BCUT2D eigenvalue weighted by molar-refractivity contribution is 0.102. The normalized spacial score (nSPS) is 15.4. The number of fused-ring (bicyclic) bond motifs is 1. The summed E-state index contributed by atoms with van der Waals surface area (Å²) in [5.41, 5.74) is 8.19. The van der Waals surface area contributed by atoms with Gasteiger partial charge < -0.3 is 21.1 Å². The molecule has 12 heteroatoms. The molecule has 2 amide bonds. The number of hydrogen-bond donors (Lipinski definition) is 3. The summed E-state index contributed by atoms with van der Waals surface area (Å²) in [6.45, 7) is 0.652. The highest BCUT2D eigenvalue weighted by molar-refractivity contribution is 6.34. The Hall–Kier alpha value is -4.69. The number of nitrogens with one attached hydrogen (secondary N) is 1. The van der Waals surface area contributed by atoms with Crippen molar-refractivity contribution in [1.29, 1.82) is 5.26 Å². The minimum Gasteiger partial charge on any atom is -0.465 e. The minimum atomic E-state index is -1.01. The van der Waals surface area contributed by atoms with Gasteiger partial charge in [-0.25, -0.2) is 14.8 Å². The Balaban J connectivity index is 1.59. The van der Waals surface area contributed by atoms with Crippen LogP contribution in [0.1, 0.15) is 34.8 Å². The van der Waals surface area contributed by atoms with Crippen LogP contribution in [0.3, 0.4) is 0 Å². The molecule has 1 unspecified atom stereocenters. The molecule has 1 aliphatic rings. The summed E-state index contributed by atoms with van der Waals surface area (Å²) in [4.78, 5) is 33.9. The number of halogens is 1. The molecule has 0 saturated carbocycles. The van der Waals surface area contributed by atoms with Crippen LogP contribution in [0.25, 0.3) is 22.2 Å². The Morgan fingerprint density at radius 1 is 1.24 bits per heavy atom. The van der Waals surface area contributed by atoms with Crippen molar-refractivity contribution in [3.05, 3.63) is 64.9 Å². The van der Waals surface area contributed by atoms with E-state index in [2.05, 4.69) is 21.4 Å². The molecule has 11 nitrogen and oxygen atoms in total. The first kappa shape index (κ1) is 24.0. The Morgan fingerprint density at radius 2 is 2.08 bits per heavy atom. The maximum Gasteiger partial charge on any atom is 0.407 e. The second kappa shape index (κ2) is 9.75. The second-order valence-corrected chi connectivity index (χ2v) is 8.98. The fourth-order valence-corrected chi connectivity index (χ4v) is 4.80. The molecule has 0 aliphatic carbocycles. The molecule has 186 valence electrons. The number of carbonyl (C=O) groups is 2. The number of pyridine rings is 2. The van der Waals surface area contributed by atoms with Gasteiger partial charge in [-0.1, -0.05) is 23.7 Å². The molecule has 0 radical (unpaired) electrons. The molecule has 5 rings (SSSR count). The molecule has 0 spiro atoms. The zero-order valence-corrected chi connectivity index (χ0v) is 20.2. The van der Waals surface area contributed by atoms with Crippen LogP contribution >= 0.6 is 11.6 Å². The number of rotatable bonds is 4. The number of benzene rings is 1. The van der Waals surface area contributed by atoms with Gasteiger partial charge in [-0.3, -0.25) is 9.48 Å². The van der Waals surface area contributed by atoms with Crippen LogP contribution < -0.4 is 11.1 Å². The largest absolute Gasteiger partial charge is 0.465 e. The number of carboxylic acid groups (broad SMARTS) is 1. The van der Waals surface area contributed by atoms with Crippen molar-refractivity contribution in [2.24, 2.45) is 0 Å². The number of nitrogens with zero attached hydrogens (tertiary/aromatic N) is 6. The summed E-state index contributed by atoms with van der Waals surface area (Å²) >= 11 is 6.64. The molecule has 1 aromatic carbocycles. The molecular weight excluding hydrogens is 496 g/mol. The van der Waals surface area contributed by atoms with Gasteiger partial charge in [0.2, 0.25) is 0 Å². The van der Waals surface area contributed by atoms with E-state index in [0.717, 1.165) is 0 Å². The van der Waals surface area contributed by atoms with Crippen LogP contribution in [0.5, 0.6) is 0 Å². The molecule has 1 aliphatic heterocycles. The van der Waals surface area contributed by atoms with Crippen LogP contribution in [0, 0.1) is 11.3 Å². The molecule has 1 saturated heterocycles. The number of piperidine rings is 1. The lowest BCUT2D eigenvalue weighted by Crippen LogP contribution is -2.40. The average Bonchev–Trinajstić information content (AvgIpc) is 3.31. The second-order valence-electron chi connectivity index (χ2n) is 8.57. The number of nitrogens with two attached hydrogens (primary N) is 1. The predicted octanol–water partition coefficient (Wildman–Crippen LogP) is 4.17. The monoisotopic (exact) mass is 516 g/mol. The van der Waals surface area contributed by atoms with Gasteiger partial charge in [-0.2, -0.15) is 10.4 Å².